The number of carboxylic acids is 1. The summed E-state index contributed by atoms with van der Waals surface area (Å²) in [6.45, 7) is 1.70. The Hall–Kier alpha value is -4.04. The molecule has 0 aliphatic rings. The van der Waals surface area contributed by atoms with Crippen LogP contribution in [0.4, 0.5) is 5.95 Å². The van der Waals surface area contributed by atoms with Crippen LogP contribution in [-0.4, -0.2) is 32.0 Å². The lowest BCUT2D eigenvalue weighted by atomic mass is 9.95. The van der Waals surface area contributed by atoms with E-state index in [-0.39, 0.29) is 17.7 Å². The van der Waals surface area contributed by atoms with Crippen molar-refractivity contribution < 1.29 is 19.4 Å². The van der Waals surface area contributed by atoms with Gasteiger partial charge in [-0.1, -0.05) is 30.7 Å². The summed E-state index contributed by atoms with van der Waals surface area (Å²) in [5.41, 5.74) is 1.80. The first-order chi connectivity index (χ1) is 16.0. The number of esters is 1. The summed E-state index contributed by atoms with van der Waals surface area (Å²) in [7, 11) is 0. The maximum Gasteiger partial charge on any atom is 0.335 e. The lowest BCUT2D eigenvalue weighted by Gasteiger charge is -2.23. The number of benzene rings is 2. The molecule has 1 unspecified atom stereocenters. The summed E-state index contributed by atoms with van der Waals surface area (Å²) >= 11 is 6.59. The molecule has 1 atom stereocenters. The number of halogens is 1. The zero-order chi connectivity index (χ0) is 23.4. The van der Waals surface area contributed by atoms with Crippen LogP contribution >= 0.6 is 11.6 Å². The Labute approximate surface area is 194 Å². The minimum absolute atomic E-state index is 0.143. The number of anilines is 1. The van der Waals surface area contributed by atoms with Crippen LogP contribution in [0.1, 0.15) is 40.9 Å². The summed E-state index contributed by atoms with van der Waals surface area (Å²) < 4.78 is 5.73. The van der Waals surface area contributed by atoms with Gasteiger partial charge in [0.05, 0.1) is 16.6 Å². The molecule has 8 nitrogen and oxygen atoms in total. The van der Waals surface area contributed by atoms with Crippen molar-refractivity contribution in [2.24, 2.45) is 0 Å². The molecule has 2 aromatic carbocycles. The maximum absolute atomic E-state index is 12.3. The van der Waals surface area contributed by atoms with E-state index in [1.165, 1.54) is 12.1 Å². The van der Waals surface area contributed by atoms with Gasteiger partial charge in [-0.05, 0) is 42.0 Å². The Morgan fingerprint density at radius 1 is 1.06 bits per heavy atom. The average molecular weight is 463 g/mol. The molecule has 9 heteroatoms. The molecule has 166 valence electrons. The Morgan fingerprint density at radius 3 is 2.42 bits per heavy atom. The number of aromatic nitrogens is 3. The molecule has 0 spiro atoms. The van der Waals surface area contributed by atoms with Gasteiger partial charge in [0.25, 0.3) is 0 Å². The molecule has 0 bridgehead atoms. The first-order valence-corrected chi connectivity index (χ1v) is 10.5. The molecule has 2 heterocycles. The Morgan fingerprint density at radius 2 is 1.76 bits per heavy atom. The van der Waals surface area contributed by atoms with E-state index in [0.29, 0.717) is 33.0 Å². The largest absolute Gasteiger partial charge is 0.478 e. The van der Waals surface area contributed by atoms with Gasteiger partial charge >= 0.3 is 11.9 Å². The molecule has 0 aliphatic heterocycles. The fourth-order valence-corrected chi connectivity index (χ4v) is 3.63. The van der Waals surface area contributed by atoms with Gasteiger partial charge < -0.3 is 15.2 Å². The third-order valence-corrected chi connectivity index (χ3v) is 5.28. The van der Waals surface area contributed by atoms with Gasteiger partial charge in [0.15, 0.2) is 5.75 Å². The van der Waals surface area contributed by atoms with Crippen molar-refractivity contribution in [1.82, 2.24) is 15.0 Å². The Bertz CT molecular complexity index is 1310. The van der Waals surface area contributed by atoms with E-state index in [0.717, 1.165) is 0 Å². The number of nitrogens with zero attached hydrogens (tertiary/aromatic N) is 3. The number of nitrogens with one attached hydrogen (secondary N) is 1. The number of fused-ring (bicyclic) bond motifs is 1. The third kappa shape index (κ3) is 4.75. The first-order valence-electron chi connectivity index (χ1n) is 10.1. The van der Waals surface area contributed by atoms with Gasteiger partial charge in [-0.2, -0.15) is 0 Å². The number of hydrogen-bond acceptors (Lipinski definition) is 7. The van der Waals surface area contributed by atoms with E-state index in [1.54, 1.807) is 61.9 Å². The lowest BCUT2D eigenvalue weighted by molar-refractivity contribution is -0.133. The van der Waals surface area contributed by atoms with E-state index >= 15 is 0 Å². The van der Waals surface area contributed by atoms with Gasteiger partial charge in [0.1, 0.15) is 5.52 Å². The smallest absolute Gasteiger partial charge is 0.335 e. The number of ether oxygens (including phenoxy) is 1. The summed E-state index contributed by atoms with van der Waals surface area (Å²) in [6.07, 6.45) is 4.94. The maximum atomic E-state index is 12.3. The van der Waals surface area contributed by atoms with E-state index in [1.807, 2.05) is 0 Å². The molecule has 2 N–H and O–H groups in total. The van der Waals surface area contributed by atoms with Crippen LogP contribution in [-0.2, 0) is 4.79 Å². The second-order valence-corrected chi connectivity index (χ2v) is 7.49. The van der Waals surface area contributed by atoms with Crippen LogP contribution in [0.25, 0.3) is 10.9 Å². The molecule has 0 saturated heterocycles. The number of pyridine rings is 1. The fraction of sp³-hybridized carbons (Fsp3) is 0.125. The van der Waals surface area contributed by atoms with Gasteiger partial charge in [0.2, 0.25) is 5.95 Å². The number of aromatic carboxylic acids is 1. The first kappa shape index (κ1) is 22.2. The molecule has 4 rings (SSSR count). The predicted molar refractivity (Wildman–Crippen MR) is 124 cm³/mol. The van der Waals surface area contributed by atoms with E-state index in [9.17, 15) is 14.7 Å². The Kier molecular flexibility index (Phi) is 6.46. The number of rotatable bonds is 7. The molecule has 0 fully saturated rings. The van der Waals surface area contributed by atoms with Crippen LogP contribution in [0, 0.1) is 0 Å². The van der Waals surface area contributed by atoms with Gasteiger partial charge in [-0.15, -0.1) is 0 Å². The minimum Gasteiger partial charge on any atom is -0.478 e. The van der Waals surface area contributed by atoms with Crippen LogP contribution in [0.3, 0.4) is 0 Å². The summed E-state index contributed by atoms with van der Waals surface area (Å²) in [4.78, 5) is 36.5. The molecular weight excluding hydrogens is 444 g/mol. The number of carbonyl (C=O) groups excluding carboxylic acids is 1. The van der Waals surface area contributed by atoms with E-state index in [2.05, 4.69) is 20.3 Å². The van der Waals surface area contributed by atoms with Crippen LogP contribution in [0.2, 0.25) is 5.02 Å². The van der Waals surface area contributed by atoms with Crippen molar-refractivity contribution in [2.45, 2.75) is 19.4 Å². The van der Waals surface area contributed by atoms with Crippen LogP contribution in [0.15, 0.2) is 67.1 Å². The minimum atomic E-state index is -1.03. The van der Waals surface area contributed by atoms with Crippen molar-refractivity contribution in [3.05, 3.63) is 88.8 Å². The van der Waals surface area contributed by atoms with Gasteiger partial charge in [-0.3, -0.25) is 9.78 Å². The lowest BCUT2D eigenvalue weighted by Crippen LogP contribution is -2.17. The number of hydrogen-bond donors (Lipinski definition) is 2. The SMILES string of the molecule is CCC(=O)Oc1c(C(Nc2ncccn2)c2ccc(C(=O)O)cc2)cc(Cl)c2cccnc12. The van der Waals surface area contributed by atoms with Crippen LogP contribution < -0.4 is 10.1 Å². The highest BCUT2D eigenvalue weighted by molar-refractivity contribution is 6.35. The standard InChI is InChI=1S/C24H19ClN4O4/c1-2-19(30)33-22-17(13-18(25)16-5-3-10-26-21(16)22)20(29-24-27-11-4-12-28-24)14-6-8-15(9-7-14)23(31)32/h3-13,20H,2H2,1H3,(H,31,32)(H,27,28,29). The van der Waals surface area contributed by atoms with Crippen molar-refractivity contribution in [2.75, 3.05) is 5.32 Å². The molecule has 33 heavy (non-hydrogen) atoms. The molecule has 0 aliphatic carbocycles. The monoisotopic (exact) mass is 462 g/mol. The highest BCUT2D eigenvalue weighted by Gasteiger charge is 2.25. The zero-order valence-corrected chi connectivity index (χ0v) is 18.3. The summed E-state index contributed by atoms with van der Waals surface area (Å²) in [5.74, 6) is -0.873. The fourth-order valence-electron chi connectivity index (χ4n) is 3.36. The second-order valence-electron chi connectivity index (χ2n) is 7.08. The Balaban J connectivity index is 1.93. The zero-order valence-electron chi connectivity index (χ0n) is 17.5. The third-order valence-electron chi connectivity index (χ3n) is 4.97. The highest BCUT2D eigenvalue weighted by atomic mass is 35.5. The van der Waals surface area contributed by atoms with Gasteiger partial charge in [-0.25, -0.2) is 14.8 Å². The normalized spacial score (nSPS) is 11.7. The molecular formula is C24H19ClN4O4. The van der Waals surface area contributed by atoms with Crippen molar-refractivity contribution in [3.63, 3.8) is 0 Å². The van der Waals surface area contributed by atoms with E-state index in [4.69, 9.17) is 16.3 Å². The number of carboxylic acid groups (broad SMARTS) is 1. The molecule has 0 amide bonds. The van der Waals surface area contributed by atoms with Crippen molar-refractivity contribution in [1.29, 1.82) is 0 Å². The second kappa shape index (κ2) is 9.62. The van der Waals surface area contributed by atoms with Crippen LogP contribution in [0.5, 0.6) is 5.75 Å². The quantitative estimate of drug-likeness (QED) is 0.294. The molecule has 0 radical (unpaired) electrons. The molecule has 2 aromatic heterocycles. The van der Waals surface area contributed by atoms with E-state index < -0.39 is 18.0 Å². The highest BCUT2D eigenvalue weighted by Crippen LogP contribution is 2.40. The topological polar surface area (TPSA) is 114 Å². The predicted octanol–water partition coefficient (Wildman–Crippen LogP) is 4.89. The van der Waals surface area contributed by atoms with Crippen molar-refractivity contribution in [3.8, 4) is 5.75 Å². The summed E-state index contributed by atoms with van der Waals surface area (Å²) in [5, 5.41) is 13.6. The molecule has 0 saturated carbocycles. The molecule has 4 aromatic rings. The van der Waals surface area contributed by atoms with Gasteiger partial charge in [0, 0.05) is 36.0 Å². The summed E-state index contributed by atoms with van der Waals surface area (Å²) in [6, 6.07) is 12.6. The average Bonchev–Trinajstić information content (AvgIpc) is 2.85. The number of carbonyl (C=O) groups is 2. The van der Waals surface area contributed by atoms with Crippen molar-refractivity contribution >= 4 is 40.4 Å².